The Morgan fingerprint density at radius 1 is 1.43 bits per heavy atom. The topological polar surface area (TPSA) is 52.6 Å². The van der Waals surface area contributed by atoms with E-state index in [0.717, 1.165) is 7.11 Å². The Labute approximate surface area is 79.2 Å². The summed E-state index contributed by atoms with van der Waals surface area (Å²) in [7, 11) is -4.34. The number of hydrogen-bond acceptors (Lipinski definition) is 4. The molecule has 0 bridgehead atoms. The summed E-state index contributed by atoms with van der Waals surface area (Å²) in [5.74, 6) is -0.690. The lowest BCUT2D eigenvalue weighted by molar-refractivity contribution is -0.0427. The van der Waals surface area contributed by atoms with Crippen molar-refractivity contribution in [1.29, 1.82) is 0 Å². The average Bonchev–Trinajstić information content (AvgIpc) is 2.01. The second-order valence-corrected chi connectivity index (χ2v) is 3.85. The molecule has 14 heavy (non-hydrogen) atoms. The maximum Gasteiger partial charge on any atom is 0.501 e. The van der Waals surface area contributed by atoms with E-state index in [1.807, 2.05) is 0 Å². The third-order valence-electron chi connectivity index (χ3n) is 1.06. The molecule has 0 radical (unpaired) electrons. The Balaban J connectivity index is 4.95. The van der Waals surface area contributed by atoms with Gasteiger partial charge in [-0.15, -0.1) is 0 Å². The minimum atomic E-state index is -5.34. The zero-order valence-electron chi connectivity index (χ0n) is 7.46. The van der Waals surface area contributed by atoms with Crippen LogP contribution in [0.15, 0.2) is 11.4 Å². The number of hydrogen-bond donors (Lipinski definition) is 0. The Kier molecular flexibility index (Phi) is 4.24. The van der Waals surface area contributed by atoms with Gasteiger partial charge in [0.15, 0.2) is 0 Å². The molecule has 8 heteroatoms. The van der Waals surface area contributed by atoms with Gasteiger partial charge in [-0.1, -0.05) is 0 Å². The largest absolute Gasteiger partial charge is 0.501 e. The monoisotopic (exact) mass is 234 g/mol. The first-order valence-electron chi connectivity index (χ1n) is 3.44. The Morgan fingerprint density at radius 3 is 2.21 bits per heavy atom. The van der Waals surface area contributed by atoms with Gasteiger partial charge in [-0.05, 0) is 6.92 Å². The van der Waals surface area contributed by atoms with Crippen LogP contribution in [0, 0.1) is 0 Å². The molecule has 0 rings (SSSR count). The molecule has 0 aromatic carbocycles. The van der Waals surface area contributed by atoms with Crippen LogP contribution in [0.25, 0.3) is 0 Å². The van der Waals surface area contributed by atoms with Crippen molar-refractivity contribution in [2.45, 2.75) is 12.4 Å². The van der Waals surface area contributed by atoms with Gasteiger partial charge >= 0.3 is 5.51 Å². The molecule has 0 fully saturated rings. The quantitative estimate of drug-likeness (QED) is 0.690. The maximum atomic E-state index is 11.8. The lowest BCUT2D eigenvalue weighted by atomic mass is 10.8. The number of halogens is 3. The Hall–Kier alpha value is -0.920. The van der Waals surface area contributed by atoms with E-state index in [1.165, 1.54) is 6.92 Å². The first-order valence-corrected chi connectivity index (χ1v) is 4.99. The summed E-state index contributed by atoms with van der Waals surface area (Å²) in [6.07, 6.45) is 0. The molecular formula is C6H9F3O4S. The molecule has 0 heterocycles. The zero-order valence-corrected chi connectivity index (χ0v) is 8.28. The molecule has 0 saturated carbocycles. The van der Waals surface area contributed by atoms with Crippen molar-refractivity contribution in [1.82, 2.24) is 0 Å². The summed E-state index contributed by atoms with van der Waals surface area (Å²) >= 11 is 0. The van der Waals surface area contributed by atoms with E-state index < -0.39 is 21.3 Å². The molecule has 0 N–H and O–H groups in total. The van der Waals surface area contributed by atoms with Gasteiger partial charge in [-0.3, -0.25) is 0 Å². The van der Waals surface area contributed by atoms with E-state index in [0.29, 0.717) is 0 Å². The van der Waals surface area contributed by atoms with E-state index in [-0.39, 0.29) is 12.0 Å². The summed E-state index contributed by atoms with van der Waals surface area (Å²) in [6.45, 7) is 1.49. The first kappa shape index (κ1) is 13.1. The molecule has 0 aliphatic carbocycles. The van der Waals surface area contributed by atoms with Gasteiger partial charge in [-0.2, -0.15) is 13.2 Å². The molecule has 4 nitrogen and oxygen atoms in total. The number of alkyl halides is 3. The molecule has 0 unspecified atom stereocenters. The van der Waals surface area contributed by atoms with Gasteiger partial charge in [0.05, 0.1) is 13.7 Å². The summed E-state index contributed by atoms with van der Waals surface area (Å²) in [5.41, 5.74) is -5.34. The molecule has 0 saturated heterocycles. The second-order valence-electron chi connectivity index (χ2n) is 2.06. The van der Waals surface area contributed by atoms with Crippen LogP contribution in [0.4, 0.5) is 13.2 Å². The highest BCUT2D eigenvalue weighted by Gasteiger charge is 2.45. The minimum Gasteiger partial charge on any atom is -0.468 e. The van der Waals surface area contributed by atoms with Crippen molar-refractivity contribution < 1.29 is 31.1 Å². The Morgan fingerprint density at radius 2 is 1.93 bits per heavy atom. The normalized spacial score (nSPS) is 13.9. The SMILES string of the molecule is CCO/C(=C/S(=O)(=O)C(F)(F)F)OC. The molecule has 0 atom stereocenters. The van der Waals surface area contributed by atoms with Gasteiger partial charge in [0.2, 0.25) is 0 Å². The van der Waals surface area contributed by atoms with Gasteiger partial charge in [0.25, 0.3) is 15.8 Å². The van der Waals surface area contributed by atoms with Gasteiger partial charge in [0, 0.05) is 0 Å². The van der Waals surface area contributed by atoms with Gasteiger partial charge in [-0.25, -0.2) is 8.42 Å². The van der Waals surface area contributed by atoms with Gasteiger partial charge in [0.1, 0.15) is 5.41 Å². The fourth-order valence-corrected chi connectivity index (χ4v) is 1.03. The van der Waals surface area contributed by atoms with Crippen molar-refractivity contribution in [3.05, 3.63) is 11.4 Å². The predicted molar refractivity (Wildman–Crippen MR) is 41.7 cm³/mol. The van der Waals surface area contributed by atoms with E-state index in [1.54, 1.807) is 0 Å². The van der Waals surface area contributed by atoms with E-state index in [2.05, 4.69) is 9.47 Å². The van der Waals surface area contributed by atoms with Gasteiger partial charge < -0.3 is 9.47 Å². The molecule has 84 valence electrons. The van der Waals surface area contributed by atoms with Crippen molar-refractivity contribution in [3.8, 4) is 0 Å². The highest BCUT2D eigenvalue weighted by molar-refractivity contribution is 7.95. The molecule has 0 aromatic rings. The third kappa shape index (κ3) is 3.44. The second kappa shape index (κ2) is 4.54. The van der Waals surface area contributed by atoms with Crippen LogP contribution in [0.5, 0.6) is 0 Å². The molecular weight excluding hydrogens is 225 g/mol. The zero-order chi connectivity index (χ0) is 11.4. The molecule has 0 aliphatic heterocycles. The maximum absolute atomic E-state index is 11.8. The summed E-state index contributed by atoms with van der Waals surface area (Å²) in [6, 6.07) is 0. The highest BCUT2D eigenvalue weighted by Crippen LogP contribution is 2.25. The lowest BCUT2D eigenvalue weighted by Crippen LogP contribution is -2.21. The summed E-state index contributed by atoms with van der Waals surface area (Å²) in [5, 5.41) is -0.101. The van der Waals surface area contributed by atoms with Crippen LogP contribution >= 0.6 is 0 Å². The van der Waals surface area contributed by atoms with Crippen LogP contribution in [0.3, 0.4) is 0 Å². The fourth-order valence-electron chi connectivity index (χ4n) is 0.477. The van der Waals surface area contributed by atoms with Crippen molar-refractivity contribution >= 4 is 9.84 Å². The van der Waals surface area contributed by atoms with Crippen molar-refractivity contribution in [2.24, 2.45) is 0 Å². The number of ether oxygens (including phenoxy) is 2. The highest BCUT2D eigenvalue weighted by atomic mass is 32.2. The van der Waals surface area contributed by atoms with Crippen LogP contribution < -0.4 is 0 Å². The predicted octanol–water partition coefficient (Wildman–Crippen LogP) is 1.40. The van der Waals surface area contributed by atoms with Crippen LogP contribution in [0.1, 0.15) is 6.92 Å². The summed E-state index contributed by atoms with van der Waals surface area (Å²) < 4.78 is 65.3. The van der Waals surface area contributed by atoms with E-state index in [4.69, 9.17) is 0 Å². The third-order valence-corrected chi connectivity index (χ3v) is 2.21. The Bertz CT molecular complexity index is 304. The summed E-state index contributed by atoms with van der Waals surface area (Å²) in [4.78, 5) is 0. The first-order chi connectivity index (χ1) is 6.24. The van der Waals surface area contributed by atoms with Crippen molar-refractivity contribution in [3.63, 3.8) is 0 Å². The standard InChI is InChI=1S/C6H9F3O4S/c1-3-13-5(12-2)4-14(10,11)6(7,8)9/h4H,3H2,1-2H3/b5-4+. The molecule has 0 spiro atoms. The average molecular weight is 234 g/mol. The van der Waals surface area contributed by atoms with Crippen LogP contribution in [-0.2, 0) is 19.3 Å². The number of sulfone groups is 1. The minimum absolute atomic E-state index is 0.00699. The van der Waals surface area contributed by atoms with E-state index in [9.17, 15) is 21.6 Å². The lowest BCUT2D eigenvalue weighted by Gasteiger charge is -2.07. The fraction of sp³-hybridized carbons (Fsp3) is 0.667. The molecule has 0 aromatic heterocycles. The van der Waals surface area contributed by atoms with Crippen LogP contribution in [-0.4, -0.2) is 27.6 Å². The van der Waals surface area contributed by atoms with E-state index >= 15 is 0 Å². The van der Waals surface area contributed by atoms with Crippen molar-refractivity contribution in [2.75, 3.05) is 13.7 Å². The van der Waals surface area contributed by atoms with Crippen LogP contribution in [0.2, 0.25) is 0 Å². The molecule has 0 aliphatic rings. The smallest absolute Gasteiger partial charge is 0.468 e. The number of methoxy groups -OCH3 is 1. The number of rotatable bonds is 4. The molecule has 0 amide bonds.